The first-order valence-corrected chi connectivity index (χ1v) is 6.99. The highest BCUT2D eigenvalue weighted by atomic mass is 35.5. The number of halogens is 1. The van der Waals surface area contributed by atoms with Crippen molar-refractivity contribution in [2.45, 2.75) is 46.3 Å². The predicted molar refractivity (Wildman–Crippen MR) is 84.8 cm³/mol. The van der Waals surface area contributed by atoms with Crippen molar-refractivity contribution < 1.29 is 4.74 Å². The van der Waals surface area contributed by atoms with Gasteiger partial charge in [0.1, 0.15) is 5.75 Å². The second kappa shape index (κ2) is 7.25. The summed E-state index contributed by atoms with van der Waals surface area (Å²) in [7, 11) is 1.73. The molecule has 0 saturated carbocycles. The Morgan fingerprint density at radius 1 is 1.40 bits per heavy atom. The molecule has 4 nitrogen and oxygen atoms in total. The van der Waals surface area contributed by atoms with Crippen LogP contribution in [0.4, 0.5) is 0 Å². The quantitative estimate of drug-likeness (QED) is 0.929. The largest absolute Gasteiger partial charge is 0.496 e. The van der Waals surface area contributed by atoms with Gasteiger partial charge >= 0.3 is 0 Å². The molecule has 0 bridgehead atoms. The molecule has 1 saturated heterocycles. The molecule has 0 amide bonds. The summed E-state index contributed by atoms with van der Waals surface area (Å²) in [4.78, 5) is 7.09. The maximum absolute atomic E-state index is 5.48. The Morgan fingerprint density at radius 3 is 2.75 bits per heavy atom. The fourth-order valence-electron chi connectivity index (χ4n) is 2.74. The van der Waals surface area contributed by atoms with Gasteiger partial charge in [-0.3, -0.25) is 9.88 Å². The van der Waals surface area contributed by atoms with E-state index in [1.165, 1.54) is 5.56 Å². The first kappa shape index (κ1) is 17.2. The highest BCUT2D eigenvalue weighted by Gasteiger charge is 2.23. The molecular weight excluding hydrogens is 274 g/mol. The van der Waals surface area contributed by atoms with Crippen LogP contribution in [-0.4, -0.2) is 42.2 Å². The van der Waals surface area contributed by atoms with Gasteiger partial charge in [-0.2, -0.15) is 0 Å². The van der Waals surface area contributed by atoms with Gasteiger partial charge in [-0.15, -0.1) is 12.4 Å². The molecule has 0 aromatic carbocycles. The van der Waals surface area contributed by atoms with Crippen molar-refractivity contribution in [1.29, 1.82) is 0 Å². The van der Waals surface area contributed by atoms with E-state index >= 15 is 0 Å². The second-order valence-corrected chi connectivity index (χ2v) is 5.63. The molecule has 1 aromatic heterocycles. The number of pyridine rings is 1. The number of nitrogens with one attached hydrogen (secondary N) is 1. The number of nitrogens with zero attached hydrogens (tertiary/aromatic N) is 2. The molecule has 20 heavy (non-hydrogen) atoms. The van der Waals surface area contributed by atoms with E-state index in [2.05, 4.69) is 36.0 Å². The lowest BCUT2D eigenvalue weighted by molar-refractivity contribution is 0.137. The van der Waals surface area contributed by atoms with Crippen LogP contribution < -0.4 is 10.1 Å². The lowest BCUT2D eigenvalue weighted by Crippen LogP contribution is -2.53. The molecule has 0 aliphatic carbocycles. The summed E-state index contributed by atoms with van der Waals surface area (Å²) in [6.45, 7) is 11.6. The fourth-order valence-corrected chi connectivity index (χ4v) is 2.74. The van der Waals surface area contributed by atoms with Gasteiger partial charge in [-0.25, -0.2) is 0 Å². The number of hydrogen-bond donors (Lipinski definition) is 1. The van der Waals surface area contributed by atoms with Gasteiger partial charge in [0.15, 0.2) is 0 Å². The van der Waals surface area contributed by atoms with E-state index in [0.717, 1.165) is 36.6 Å². The summed E-state index contributed by atoms with van der Waals surface area (Å²) < 4.78 is 5.48. The van der Waals surface area contributed by atoms with Crippen molar-refractivity contribution in [3.05, 3.63) is 23.0 Å². The number of methoxy groups -OCH3 is 1. The smallest absolute Gasteiger partial charge is 0.128 e. The van der Waals surface area contributed by atoms with Crippen LogP contribution in [0, 0.1) is 13.8 Å². The Bertz CT molecular complexity index is 453. The molecule has 5 heteroatoms. The second-order valence-electron chi connectivity index (χ2n) is 5.63. The highest BCUT2D eigenvalue weighted by Crippen LogP contribution is 2.25. The SMILES string of the molecule is COc1c(C)cnc(CN2CC(C)NCC2C)c1C.Cl. The molecule has 1 N–H and O–H groups in total. The summed E-state index contributed by atoms with van der Waals surface area (Å²) >= 11 is 0. The Kier molecular flexibility index (Phi) is 6.24. The average Bonchev–Trinajstić information content (AvgIpc) is 2.38. The lowest BCUT2D eigenvalue weighted by Gasteiger charge is -2.37. The molecule has 2 rings (SSSR count). The first-order valence-electron chi connectivity index (χ1n) is 6.99. The zero-order chi connectivity index (χ0) is 14.0. The summed E-state index contributed by atoms with van der Waals surface area (Å²) in [6, 6.07) is 1.09. The van der Waals surface area contributed by atoms with Gasteiger partial charge in [0.25, 0.3) is 0 Å². The monoisotopic (exact) mass is 299 g/mol. The topological polar surface area (TPSA) is 37.4 Å². The van der Waals surface area contributed by atoms with Crippen LogP contribution in [0.15, 0.2) is 6.20 Å². The maximum Gasteiger partial charge on any atom is 0.128 e. The van der Waals surface area contributed by atoms with Gasteiger partial charge in [0, 0.05) is 49.0 Å². The van der Waals surface area contributed by atoms with E-state index < -0.39 is 0 Å². The number of hydrogen-bond acceptors (Lipinski definition) is 4. The number of piperazine rings is 1. The third-order valence-corrected chi connectivity index (χ3v) is 4.00. The Hall–Kier alpha value is -0.840. The molecule has 2 atom stereocenters. The van der Waals surface area contributed by atoms with E-state index in [1.54, 1.807) is 7.11 Å². The van der Waals surface area contributed by atoms with Crippen molar-refractivity contribution in [2.75, 3.05) is 20.2 Å². The Labute approximate surface area is 128 Å². The number of ether oxygens (including phenoxy) is 1. The molecule has 1 aliphatic rings. The standard InChI is InChI=1S/C15H25N3O.ClH/c1-10-6-17-14(13(4)15(10)19-5)9-18-8-11(2)16-7-12(18)3;/h6,11-12,16H,7-9H2,1-5H3;1H. The van der Waals surface area contributed by atoms with Crippen LogP contribution in [0.1, 0.15) is 30.7 Å². The average molecular weight is 300 g/mol. The highest BCUT2D eigenvalue weighted by molar-refractivity contribution is 5.85. The Morgan fingerprint density at radius 2 is 2.10 bits per heavy atom. The van der Waals surface area contributed by atoms with Gasteiger partial charge in [-0.05, 0) is 27.7 Å². The van der Waals surface area contributed by atoms with Crippen LogP contribution >= 0.6 is 12.4 Å². The van der Waals surface area contributed by atoms with Crippen LogP contribution in [0.3, 0.4) is 0 Å². The fraction of sp³-hybridized carbons (Fsp3) is 0.667. The molecule has 1 aromatic rings. The minimum absolute atomic E-state index is 0. The summed E-state index contributed by atoms with van der Waals surface area (Å²) in [5, 5.41) is 3.51. The van der Waals surface area contributed by atoms with Crippen molar-refractivity contribution in [2.24, 2.45) is 0 Å². The number of aromatic nitrogens is 1. The molecule has 0 radical (unpaired) electrons. The molecule has 0 spiro atoms. The molecule has 114 valence electrons. The summed E-state index contributed by atoms with van der Waals surface area (Å²) in [5.41, 5.74) is 3.40. The van der Waals surface area contributed by atoms with Crippen molar-refractivity contribution >= 4 is 12.4 Å². The van der Waals surface area contributed by atoms with E-state index in [9.17, 15) is 0 Å². The van der Waals surface area contributed by atoms with E-state index in [0.29, 0.717) is 12.1 Å². The minimum Gasteiger partial charge on any atom is -0.496 e. The zero-order valence-electron chi connectivity index (χ0n) is 13.1. The van der Waals surface area contributed by atoms with Crippen LogP contribution in [-0.2, 0) is 6.54 Å². The van der Waals surface area contributed by atoms with Gasteiger partial charge < -0.3 is 10.1 Å². The van der Waals surface area contributed by atoms with Crippen molar-refractivity contribution in [3.63, 3.8) is 0 Å². The molecule has 1 fully saturated rings. The molecule has 2 heterocycles. The maximum atomic E-state index is 5.48. The van der Waals surface area contributed by atoms with Gasteiger partial charge in [-0.1, -0.05) is 0 Å². The Balaban J connectivity index is 0.00000200. The lowest BCUT2D eigenvalue weighted by atomic mass is 10.1. The number of rotatable bonds is 3. The first-order chi connectivity index (χ1) is 9.02. The summed E-state index contributed by atoms with van der Waals surface area (Å²) in [6.07, 6.45) is 1.91. The summed E-state index contributed by atoms with van der Waals surface area (Å²) in [5.74, 6) is 0.973. The normalized spacial score (nSPS) is 23.2. The van der Waals surface area contributed by atoms with E-state index in [1.807, 2.05) is 13.1 Å². The van der Waals surface area contributed by atoms with Gasteiger partial charge in [0.05, 0.1) is 12.8 Å². The van der Waals surface area contributed by atoms with E-state index in [4.69, 9.17) is 4.74 Å². The third kappa shape index (κ3) is 3.62. The van der Waals surface area contributed by atoms with Crippen molar-refractivity contribution in [3.8, 4) is 5.75 Å². The van der Waals surface area contributed by atoms with Crippen LogP contribution in [0.2, 0.25) is 0 Å². The number of aryl methyl sites for hydroxylation is 1. The predicted octanol–water partition coefficient (Wildman–Crippen LogP) is 2.31. The molecule has 1 aliphatic heterocycles. The van der Waals surface area contributed by atoms with Crippen molar-refractivity contribution in [1.82, 2.24) is 15.2 Å². The van der Waals surface area contributed by atoms with Crippen LogP contribution in [0.25, 0.3) is 0 Å². The van der Waals surface area contributed by atoms with Gasteiger partial charge in [0.2, 0.25) is 0 Å². The van der Waals surface area contributed by atoms with E-state index in [-0.39, 0.29) is 12.4 Å². The molecular formula is C15H26ClN3O. The van der Waals surface area contributed by atoms with Crippen LogP contribution in [0.5, 0.6) is 5.75 Å². The third-order valence-electron chi connectivity index (χ3n) is 4.00. The minimum atomic E-state index is 0. The molecule has 2 unspecified atom stereocenters. The zero-order valence-corrected chi connectivity index (χ0v) is 13.9.